The first-order valence-electron chi connectivity index (χ1n) is 5.12. The molecule has 18 heavy (non-hydrogen) atoms. The second-order valence-electron chi connectivity index (χ2n) is 3.60. The molecule has 0 atom stereocenters. The van der Waals surface area contributed by atoms with Gasteiger partial charge in [0.05, 0.1) is 15.6 Å². The van der Waals surface area contributed by atoms with Crippen LogP contribution in [0.25, 0.3) is 0 Å². The molecule has 2 aromatic carbocycles. The summed E-state index contributed by atoms with van der Waals surface area (Å²) in [5.74, 6) is 1.44. The second-order valence-corrected chi connectivity index (χ2v) is 6.22. The highest BCUT2D eigenvalue weighted by atomic mass is 79.9. The van der Waals surface area contributed by atoms with E-state index in [9.17, 15) is 0 Å². The zero-order valence-corrected chi connectivity index (χ0v) is 13.9. The van der Waals surface area contributed by atoms with Crippen molar-refractivity contribution in [2.45, 2.75) is 6.61 Å². The van der Waals surface area contributed by atoms with Gasteiger partial charge in [-0.2, -0.15) is 0 Å². The predicted octanol–water partition coefficient (Wildman–Crippen LogP) is 5.26. The van der Waals surface area contributed by atoms with E-state index in [1.54, 1.807) is 0 Å². The summed E-state index contributed by atoms with van der Waals surface area (Å²) >= 11 is 10.3. The van der Waals surface area contributed by atoms with Gasteiger partial charge in [0.1, 0.15) is 11.5 Å². The number of benzene rings is 2. The Morgan fingerprint density at radius 1 is 0.889 bits per heavy atom. The normalized spacial score (nSPS) is 10.4. The minimum atomic E-state index is 0.0147. The van der Waals surface area contributed by atoms with Crippen LogP contribution in [0, 0.1) is 0 Å². The Bertz CT molecular complexity index is 570. The number of halogens is 3. The highest BCUT2D eigenvalue weighted by Gasteiger charge is 2.07. The highest BCUT2D eigenvalue weighted by molar-refractivity contribution is 9.11. The van der Waals surface area contributed by atoms with Crippen molar-refractivity contribution in [2.75, 3.05) is 0 Å². The van der Waals surface area contributed by atoms with E-state index in [1.807, 2.05) is 36.4 Å². The molecule has 0 radical (unpaired) electrons. The molecule has 0 heterocycles. The molecule has 0 aromatic heterocycles. The minimum absolute atomic E-state index is 0.0147. The molecular weight excluding hydrogens is 428 g/mol. The minimum Gasteiger partial charge on any atom is -0.455 e. The maximum atomic E-state index is 9.04. The van der Waals surface area contributed by atoms with Gasteiger partial charge in [0.15, 0.2) is 0 Å². The zero-order chi connectivity index (χ0) is 13.1. The molecule has 0 saturated carbocycles. The summed E-state index contributed by atoms with van der Waals surface area (Å²) in [5, 5.41) is 9.04. The third-order valence-electron chi connectivity index (χ3n) is 2.29. The maximum absolute atomic E-state index is 9.04. The third-order valence-corrected chi connectivity index (χ3v) is 4.03. The van der Waals surface area contributed by atoms with Crippen LogP contribution in [0.2, 0.25) is 0 Å². The van der Waals surface area contributed by atoms with Crippen molar-refractivity contribution in [3.63, 3.8) is 0 Å². The van der Waals surface area contributed by atoms with E-state index in [4.69, 9.17) is 9.84 Å². The van der Waals surface area contributed by atoms with E-state index in [0.29, 0.717) is 5.75 Å². The van der Waals surface area contributed by atoms with Crippen molar-refractivity contribution in [2.24, 2.45) is 0 Å². The standard InChI is InChI=1S/C13H9Br3O2/c14-9-2-4-13(11(16)6-9)18-12-3-1-8(7-17)5-10(12)15/h1-6,17H,7H2. The lowest BCUT2D eigenvalue weighted by Crippen LogP contribution is -1.89. The van der Waals surface area contributed by atoms with Gasteiger partial charge in [0.25, 0.3) is 0 Å². The lowest BCUT2D eigenvalue weighted by molar-refractivity contribution is 0.281. The van der Waals surface area contributed by atoms with Crippen LogP contribution >= 0.6 is 47.8 Å². The summed E-state index contributed by atoms with van der Waals surface area (Å²) in [7, 11) is 0. The summed E-state index contributed by atoms with van der Waals surface area (Å²) < 4.78 is 8.46. The Morgan fingerprint density at radius 3 is 2.06 bits per heavy atom. The van der Waals surface area contributed by atoms with Crippen LogP contribution in [0.5, 0.6) is 11.5 Å². The molecule has 0 fully saturated rings. The third kappa shape index (κ3) is 3.35. The van der Waals surface area contributed by atoms with Crippen LogP contribution in [0.3, 0.4) is 0 Å². The number of ether oxygens (including phenoxy) is 1. The molecule has 94 valence electrons. The average molecular weight is 437 g/mol. The number of hydrogen-bond acceptors (Lipinski definition) is 2. The van der Waals surface area contributed by atoms with Gasteiger partial charge in [-0.15, -0.1) is 0 Å². The lowest BCUT2D eigenvalue weighted by Gasteiger charge is -2.10. The van der Waals surface area contributed by atoms with E-state index < -0.39 is 0 Å². The van der Waals surface area contributed by atoms with Crippen molar-refractivity contribution in [1.82, 2.24) is 0 Å². The SMILES string of the molecule is OCc1ccc(Oc2ccc(Br)cc2Br)c(Br)c1. The Labute approximate surface area is 130 Å². The van der Waals surface area contributed by atoms with Crippen molar-refractivity contribution >= 4 is 47.8 Å². The average Bonchev–Trinajstić information content (AvgIpc) is 2.34. The maximum Gasteiger partial charge on any atom is 0.141 e. The molecule has 0 amide bonds. The van der Waals surface area contributed by atoms with Crippen LogP contribution < -0.4 is 4.74 Å². The summed E-state index contributed by atoms with van der Waals surface area (Å²) in [6, 6.07) is 11.2. The molecule has 0 aliphatic heterocycles. The van der Waals surface area contributed by atoms with Gasteiger partial charge < -0.3 is 9.84 Å². The van der Waals surface area contributed by atoms with Gasteiger partial charge in [-0.05, 0) is 67.8 Å². The molecule has 0 saturated heterocycles. The van der Waals surface area contributed by atoms with Crippen molar-refractivity contribution in [3.8, 4) is 11.5 Å². The largest absolute Gasteiger partial charge is 0.455 e. The molecule has 0 bridgehead atoms. The molecule has 1 N–H and O–H groups in total. The van der Waals surface area contributed by atoms with Crippen molar-refractivity contribution in [1.29, 1.82) is 0 Å². The van der Waals surface area contributed by atoms with Crippen molar-refractivity contribution in [3.05, 3.63) is 55.4 Å². The van der Waals surface area contributed by atoms with E-state index in [2.05, 4.69) is 47.8 Å². The fraction of sp³-hybridized carbons (Fsp3) is 0.0769. The molecule has 0 aliphatic carbocycles. The van der Waals surface area contributed by atoms with Crippen LogP contribution in [0.4, 0.5) is 0 Å². The molecule has 0 unspecified atom stereocenters. The van der Waals surface area contributed by atoms with Crippen LogP contribution in [0.1, 0.15) is 5.56 Å². The van der Waals surface area contributed by atoms with Crippen LogP contribution in [-0.2, 0) is 6.61 Å². The molecule has 0 spiro atoms. The van der Waals surface area contributed by atoms with Gasteiger partial charge in [-0.3, -0.25) is 0 Å². The van der Waals surface area contributed by atoms with Crippen LogP contribution in [-0.4, -0.2) is 5.11 Å². The second kappa shape index (κ2) is 6.19. The number of aliphatic hydroxyl groups excluding tert-OH is 1. The number of hydrogen-bond donors (Lipinski definition) is 1. The molecule has 2 aromatic rings. The fourth-order valence-electron chi connectivity index (χ4n) is 1.40. The van der Waals surface area contributed by atoms with E-state index in [-0.39, 0.29) is 6.61 Å². The monoisotopic (exact) mass is 434 g/mol. The lowest BCUT2D eigenvalue weighted by atomic mass is 10.2. The quantitative estimate of drug-likeness (QED) is 0.711. The van der Waals surface area contributed by atoms with E-state index in [1.165, 1.54) is 0 Å². The first-order valence-corrected chi connectivity index (χ1v) is 7.50. The van der Waals surface area contributed by atoms with Gasteiger partial charge in [0.2, 0.25) is 0 Å². The molecular formula is C13H9Br3O2. The van der Waals surface area contributed by atoms with Gasteiger partial charge in [0, 0.05) is 4.47 Å². The number of aliphatic hydroxyl groups is 1. The Hall–Kier alpha value is -0.360. The van der Waals surface area contributed by atoms with Crippen LogP contribution in [0.15, 0.2) is 49.8 Å². The number of rotatable bonds is 3. The molecule has 2 rings (SSSR count). The first-order chi connectivity index (χ1) is 8.60. The molecule has 0 aliphatic rings. The molecule has 5 heteroatoms. The van der Waals surface area contributed by atoms with E-state index in [0.717, 1.165) is 24.7 Å². The van der Waals surface area contributed by atoms with Gasteiger partial charge in [-0.1, -0.05) is 22.0 Å². The highest BCUT2D eigenvalue weighted by Crippen LogP contribution is 2.35. The first kappa shape index (κ1) is 14.1. The summed E-state index contributed by atoms with van der Waals surface area (Å²) in [6.07, 6.45) is 0. The Balaban J connectivity index is 2.28. The summed E-state index contributed by atoms with van der Waals surface area (Å²) in [5.41, 5.74) is 0.837. The summed E-state index contributed by atoms with van der Waals surface area (Å²) in [6.45, 7) is 0.0147. The zero-order valence-electron chi connectivity index (χ0n) is 9.16. The van der Waals surface area contributed by atoms with Gasteiger partial charge >= 0.3 is 0 Å². The Kier molecular flexibility index (Phi) is 4.84. The summed E-state index contributed by atoms with van der Waals surface area (Å²) in [4.78, 5) is 0. The molecule has 2 nitrogen and oxygen atoms in total. The smallest absolute Gasteiger partial charge is 0.141 e. The topological polar surface area (TPSA) is 29.5 Å². The fourth-order valence-corrected chi connectivity index (χ4v) is 3.04. The van der Waals surface area contributed by atoms with E-state index >= 15 is 0 Å². The van der Waals surface area contributed by atoms with Gasteiger partial charge in [-0.25, -0.2) is 0 Å². The Morgan fingerprint density at radius 2 is 1.50 bits per heavy atom. The van der Waals surface area contributed by atoms with Crippen molar-refractivity contribution < 1.29 is 9.84 Å². The predicted molar refractivity (Wildman–Crippen MR) is 82.0 cm³/mol.